The van der Waals surface area contributed by atoms with Gasteiger partial charge in [0.15, 0.2) is 0 Å². The van der Waals surface area contributed by atoms with Gasteiger partial charge in [0.2, 0.25) is 5.91 Å². The van der Waals surface area contributed by atoms with E-state index in [1.165, 1.54) is 20.5 Å². The number of benzene rings is 2. The summed E-state index contributed by atoms with van der Waals surface area (Å²) in [6.45, 7) is 5.73. The number of rotatable bonds is 5. The highest BCUT2D eigenvalue weighted by Crippen LogP contribution is 2.34. The minimum absolute atomic E-state index is 0.149. The fourth-order valence-electron chi connectivity index (χ4n) is 4.91. The summed E-state index contributed by atoms with van der Waals surface area (Å²) in [6.07, 6.45) is 3.84. The van der Waals surface area contributed by atoms with E-state index in [0.717, 1.165) is 52.8 Å². The minimum Gasteiger partial charge on any atom is -0.325 e. The molecule has 7 heteroatoms. The van der Waals surface area contributed by atoms with Crippen LogP contribution in [0.5, 0.6) is 0 Å². The van der Waals surface area contributed by atoms with Crippen LogP contribution in [-0.4, -0.2) is 15.0 Å². The predicted octanol–water partition coefficient (Wildman–Crippen LogP) is 4.97. The summed E-state index contributed by atoms with van der Waals surface area (Å²) >= 11 is 1.49. The molecule has 0 aliphatic heterocycles. The second kappa shape index (κ2) is 9.30. The van der Waals surface area contributed by atoms with Gasteiger partial charge in [-0.1, -0.05) is 36.4 Å². The molecule has 1 aliphatic rings. The zero-order valence-electron chi connectivity index (χ0n) is 20.3. The molecule has 0 bridgehead atoms. The lowest BCUT2D eigenvalue weighted by Gasteiger charge is -2.18. The van der Waals surface area contributed by atoms with E-state index in [1.54, 1.807) is 0 Å². The standard InChI is InChI=1S/C28H29N3O3S/c1-17-13-14-21(15-18(17)2)29-24(32)16-30-27-25(22-11-7-8-12-23(22)35-27)26(33)31(28(30)34)19(3)20-9-5-4-6-10-20/h4-6,9-10,13-15,19H,7-8,11-12,16H2,1-3H3,(H,29,32). The van der Waals surface area contributed by atoms with Gasteiger partial charge in [0.05, 0.1) is 11.4 Å². The maximum absolute atomic E-state index is 13.8. The molecule has 2 heterocycles. The van der Waals surface area contributed by atoms with Crippen molar-refractivity contribution in [1.82, 2.24) is 9.13 Å². The summed E-state index contributed by atoms with van der Waals surface area (Å²) in [5.41, 5.74) is 4.14. The summed E-state index contributed by atoms with van der Waals surface area (Å²) in [6, 6.07) is 14.8. The van der Waals surface area contributed by atoms with E-state index in [0.29, 0.717) is 15.9 Å². The Morgan fingerprint density at radius 2 is 1.77 bits per heavy atom. The molecule has 1 amide bonds. The Bertz CT molecular complexity index is 1550. The molecular weight excluding hydrogens is 458 g/mol. The SMILES string of the molecule is Cc1ccc(NC(=O)Cn2c(=O)n(C(C)c3ccccc3)c(=O)c3c4c(sc32)CCCC4)cc1C. The molecule has 0 saturated carbocycles. The topological polar surface area (TPSA) is 73.1 Å². The van der Waals surface area contributed by atoms with Crippen LogP contribution in [0.15, 0.2) is 58.1 Å². The summed E-state index contributed by atoms with van der Waals surface area (Å²) < 4.78 is 2.82. The molecule has 1 atom stereocenters. The van der Waals surface area contributed by atoms with Gasteiger partial charge in [-0.3, -0.25) is 18.7 Å². The molecule has 2 aromatic carbocycles. The van der Waals surface area contributed by atoms with Crippen molar-refractivity contribution < 1.29 is 4.79 Å². The molecule has 1 unspecified atom stereocenters. The van der Waals surface area contributed by atoms with E-state index >= 15 is 0 Å². The van der Waals surface area contributed by atoms with Crippen molar-refractivity contribution in [3.8, 4) is 0 Å². The molecule has 1 aliphatic carbocycles. The number of carbonyl (C=O) groups is 1. The van der Waals surface area contributed by atoms with Crippen LogP contribution < -0.4 is 16.6 Å². The molecule has 2 aromatic heterocycles. The van der Waals surface area contributed by atoms with Crippen molar-refractivity contribution in [2.75, 3.05) is 5.32 Å². The lowest BCUT2D eigenvalue weighted by Crippen LogP contribution is -2.43. The number of thiophene rings is 1. The molecule has 1 N–H and O–H groups in total. The first-order valence-electron chi connectivity index (χ1n) is 12.1. The van der Waals surface area contributed by atoms with E-state index in [1.807, 2.05) is 69.3 Å². The van der Waals surface area contributed by atoms with Crippen molar-refractivity contribution in [2.45, 2.75) is 59.0 Å². The lowest BCUT2D eigenvalue weighted by molar-refractivity contribution is -0.116. The highest BCUT2D eigenvalue weighted by atomic mass is 32.1. The maximum Gasteiger partial charge on any atom is 0.333 e. The van der Waals surface area contributed by atoms with E-state index < -0.39 is 11.7 Å². The fourth-order valence-corrected chi connectivity index (χ4v) is 6.28. The zero-order valence-corrected chi connectivity index (χ0v) is 21.1. The molecule has 6 nitrogen and oxygen atoms in total. The number of aromatic nitrogens is 2. The predicted molar refractivity (Wildman–Crippen MR) is 142 cm³/mol. The van der Waals surface area contributed by atoms with Crippen LogP contribution in [0.2, 0.25) is 0 Å². The van der Waals surface area contributed by atoms with Crippen molar-refractivity contribution in [2.24, 2.45) is 0 Å². The summed E-state index contributed by atoms with van der Waals surface area (Å²) in [4.78, 5) is 42.4. The quantitative estimate of drug-likeness (QED) is 0.432. The van der Waals surface area contributed by atoms with Crippen LogP contribution in [0.1, 0.15) is 52.9 Å². The van der Waals surface area contributed by atoms with Crippen LogP contribution in [-0.2, 0) is 24.2 Å². The zero-order chi connectivity index (χ0) is 24.7. The van der Waals surface area contributed by atoms with Gasteiger partial charge in [-0.25, -0.2) is 4.79 Å². The number of amides is 1. The molecule has 4 aromatic rings. The Labute approximate surface area is 207 Å². The number of nitrogens with zero attached hydrogens (tertiary/aromatic N) is 2. The van der Waals surface area contributed by atoms with Crippen LogP contribution in [0.25, 0.3) is 10.2 Å². The number of aryl methyl sites for hydroxylation is 4. The van der Waals surface area contributed by atoms with Crippen LogP contribution in [0, 0.1) is 13.8 Å². The van der Waals surface area contributed by atoms with Crippen molar-refractivity contribution in [3.63, 3.8) is 0 Å². The van der Waals surface area contributed by atoms with Crippen LogP contribution >= 0.6 is 11.3 Å². The monoisotopic (exact) mass is 487 g/mol. The second-order valence-corrected chi connectivity index (χ2v) is 10.5. The maximum atomic E-state index is 13.8. The molecule has 35 heavy (non-hydrogen) atoms. The number of nitrogens with one attached hydrogen (secondary N) is 1. The number of anilines is 1. The van der Waals surface area contributed by atoms with E-state index in [2.05, 4.69) is 5.32 Å². The third-order valence-electron chi connectivity index (χ3n) is 7.03. The minimum atomic E-state index is -0.451. The summed E-state index contributed by atoms with van der Waals surface area (Å²) in [7, 11) is 0. The Hall–Kier alpha value is -3.45. The van der Waals surface area contributed by atoms with Gasteiger partial charge in [0, 0.05) is 10.6 Å². The lowest BCUT2D eigenvalue weighted by atomic mass is 9.97. The van der Waals surface area contributed by atoms with Gasteiger partial charge >= 0.3 is 5.69 Å². The molecule has 0 fully saturated rings. The van der Waals surface area contributed by atoms with Crippen LogP contribution in [0.4, 0.5) is 5.69 Å². The smallest absolute Gasteiger partial charge is 0.325 e. The Kier molecular flexibility index (Phi) is 6.19. The number of fused-ring (bicyclic) bond motifs is 3. The number of hydrogen-bond donors (Lipinski definition) is 1. The van der Waals surface area contributed by atoms with Crippen molar-refractivity contribution in [3.05, 3.63) is 96.5 Å². The molecular formula is C28H29N3O3S. The third kappa shape index (κ3) is 4.25. The normalized spacial score (nSPS) is 14.0. The Morgan fingerprint density at radius 1 is 1.03 bits per heavy atom. The Balaban J connectivity index is 1.63. The first-order valence-corrected chi connectivity index (χ1v) is 12.9. The van der Waals surface area contributed by atoms with Crippen molar-refractivity contribution >= 4 is 33.1 Å². The molecule has 0 radical (unpaired) electrons. The summed E-state index contributed by atoms with van der Waals surface area (Å²) in [5.74, 6) is -0.291. The molecule has 0 saturated heterocycles. The molecule has 180 valence electrons. The summed E-state index contributed by atoms with van der Waals surface area (Å²) in [5, 5.41) is 3.53. The number of hydrogen-bond acceptors (Lipinski definition) is 4. The van der Waals surface area contributed by atoms with Crippen molar-refractivity contribution in [1.29, 1.82) is 0 Å². The second-order valence-electron chi connectivity index (χ2n) is 9.37. The van der Waals surface area contributed by atoms with Gasteiger partial charge in [-0.05, 0) is 80.8 Å². The van der Waals surface area contributed by atoms with Gasteiger partial charge < -0.3 is 5.32 Å². The van der Waals surface area contributed by atoms with E-state index in [4.69, 9.17) is 0 Å². The first-order chi connectivity index (χ1) is 16.8. The highest BCUT2D eigenvalue weighted by Gasteiger charge is 2.26. The average Bonchev–Trinajstić information content (AvgIpc) is 3.24. The van der Waals surface area contributed by atoms with Crippen LogP contribution in [0.3, 0.4) is 0 Å². The number of carbonyl (C=O) groups excluding carboxylic acids is 1. The third-order valence-corrected chi connectivity index (χ3v) is 8.34. The largest absolute Gasteiger partial charge is 0.333 e. The molecule has 5 rings (SSSR count). The van der Waals surface area contributed by atoms with E-state index in [-0.39, 0.29) is 18.0 Å². The molecule has 0 spiro atoms. The van der Waals surface area contributed by atoms with Gasteiger partial charge in [0.25, 0.3) is 5.56 Å². The van der Waals surface area contributed by atoms with Gasteiger partial charge in [-0.2, -0.15) is 0 Å². The average molecular weight is 488 g/mol. The highest BCUT2D eigenvalue weighted by molar-refractivity contribution is 7.18. The first kappa shape index (κ1) is 23.3. The Morgan fingerprint density at radius 3 is 2.51 bits per heavy atom. The van der Waals surface area contributed by atoms with E-state index in [9.17, 15) is 14.4 Å². The van der Waals surface area contributed by atoms with Gasteiger partial charge in [0.1, 0.15) is 11.4 Å². The fraction of sp³-hybridized carbons (Fsp3) is 0.321. The van der Waals surface area contributed by atoms with Gasteiger partial charge in [-0.15, -0.1) is 11.3 Å².